The van der Waals surface area contributed by atoms with Crippen molar-refractivity contribution in [1.82, 2.24) is 9.55 Å². The lowest BCUT2D eigenvalue weighted by molar-refractivity contribution is -0.584. The lowest BCUT2D eigenvalue weighted by Gasteiger charge is -2.26. The molecular weight excluding hydrogens is 258 g/mol. The van der Waals surface area contributed by atoms with Gasteiger partial charge in [0.25, 0.3) is 5.56 Å². The first-order chi connectivity index (χ1) is 9.65. The number of hydrogen-bond acceptors (Lipinski definition) is 4. The van der Waals surface area contributed by atoms with E-state index in [1.165, 1.54) is 17.0 Å². The van der Waals surface area contributed by atoms with Crippen LogP contribution in [-0.4, -0.2) is 14.5 Å². The van der Waals surface area contributed by atoms with Gasteiger partial charge in [-0.1, -0.05) is 30.4 Å². The fourth-order valence-corrected chi connectivity index (χ4v) is 2.41. The summed E-state index contributed by atoms with van der Waals surface area (Å²) in [5, 5.41) is 12.0. The smallest absolute Gasteiger partial charge is 0.267 e. The average molecular weight is 269 g/mol. The maximum atomic E-state index is 11.8. The minimum Gasteiger partial charge on any atom is -0.267 e. The molecule has 1 aliphatic carbocycles. The number of rotatable bonds is 2. The molecule has 1 unspecified atom stereocenters. The Morgan fingerprint density at radius 1 is 1.30 bits per heavy atom. The van der Waals surface area contributed by atoms with Crippen molar-refractivity contribution in [2.24, 2.45) is 0 Å². The summed E-state index contributed by atoms with van der Waals surface area (Å²) in [6.07, 6.45) is 8.11. The first-order valence-corrected chi connectivity index (χ1v) is 6.11. The van der Waals surface area contributed by atoms with Crippen molar-refractivity contribution in [1.29, 1.82) is 0 Å². The van der Waals surface area contributed by atoms with Crippen LogP contribution in [0.25, 0.3) is 10.9 Å². The van der Waals surface area contributed by atoms with Gasteiger partial charge in [-0.05, 0) is 12.1 Å². The third-order valence-electron chi connectivity index (χ3n) is 3.45. The van der Waals surface area contributed by atoms with E-state index in [1.807, 2.05) is 0 Å². The van der Waals surface area contributed by atoms with E-state index >= 15 is 0 Å². The molecule has 1 aromatic carbocycles. The summed E-state index contributed by atoms with van der Waals surface area (Å²) in [7, 11) is 0. The fraction of sp³-hybridized carbons (Fsp3) is 0.143. The summed E-state index contributed by atoms with van der Waals surface area (Å²) in [6.45, 7) is 0. The van der Waals surface area contributed by atoms with E-state index in [9.17, 15) is 14.9 Å². The molecule has 6 heteroatoms. The van der Waals surface area contributed by atoms with E-state index in [2.05, 4.69) is 4.98 Å². The molecule has 100 valence electrons. The van der Waals surface area contributed by atoms with Crippen molar-refractivity contribution in [2.45, 2.75) is 12.1 Å². The molecule has 1 aromatic heterocycles. The number of nitro groups is 1. The minimum atomic E-state index is -1.44. The Labute approximate surface area is 113 Å². The number of allylic oxidation sites excluding steroid dienone is 2. The highest BCUT2D eigenvalue weighted by molar-refractivity contribution is 5.78. The van der Waals surface area contributed by atoms with Crippen molar-refractivity contribution in [2.75, 3.05) is 0 Å². The molecule has 0 bridgehead atoms. The zero-order chi connectivity index (χ0) is 14.2. The fourth-order valence-electron chi connectivity index (χ4n) is 2.41. The van der Waals surface area contributed by atoms with Crippen LogP contribution in [0.2, 0.25) is 0 Å². The van der Waals surface area contributed by atoms with E-state index in [0.29, 0.717) is 10.9 Å². The van der Waals surface area contributed by atoms with Crippen LogP contribution in [0, 0.1) is 10.1 Å². The monoisotopic (exact) mass is 269 g/mol. The van der Waals surface area contributed by atoms with Gasteiger partial charge in [0.15, 0.2) is 0 Å². The Morgan fingerprint density at radius 2 is 2.10 bits per heavy atom. The molecule has 20 heavy (non-hydrogen) atoms. The van der Waals surface area contributed by atoms with Crippen LogP contribution in [0.3, 0.4) is 0 Å². The molecule has 0 fully saturated rings. The predicted molar refractivity (Wildman–Crippen MR) is 73.9 cm³/mol. The van der Waals surface area contributed by atoms with E-state index in [1.54, 1.807) is 42.5 Å². The third-order valence-corrected chi connectivity index (χ3v) is 3.45. The number of nitrogens with zero attached hydrogens (tertiary/aromatic N) is 3. The molecule has 0 saturated carbocycles. The van der Waals surface area contributed by atoms with Crippen LogP contribution in [0.4, 0.5) is 0 Å². The van der Waals surface area contributed by atoms with Crippen molar-refractivity contribution in [3.8, 4) is 0 Å². The Bertz CT molecular complexity index is 807. The maximum Gasteiger partial charge on any atom is 0.323 e. The molecule has 0 saturated heterocycles. The lowest BCUT2D eigenvalue weighted by atomic mass is 10.0. The SMILES string of the molecule is O=c1ncn(C2([N+](=O)[O-])C=CC=CC2)c2ccccc12. The molecule has 0 radical (unpaired) electrons. The Morgan fingerprint density at radius 3 is 2.80 bits per heavy atom. The lowest BCUT2D eigenvalue weighted by Crippen LogP contribution is -2.41. The van der Waals surface area contributed by atoms with E-state index < -0.39 is 5.66 Å². The second-order valence-electron chi connectivity index (χ2n) is 4.56. The van der Waals surface area contributed by atoms with Gasteiger partial charge in [0.05, 0.1) is 22.2 Å². The standard InChI is InChI=1S/C14H11N3O3/c18-13-11-6-2-3-7-12(11)16(10-15-13)14(17(19)20)8-4-1-5-9-14/h1-8,10H,9H2. The molecule has 0 N–H and O–H groups in total. The molecule has 1 atom stereocenters. The Balaban J connectivity index is 2.36. The van der Waals surface area contributed by atoms with Crippen molar-refractivity contribution >= 4 is 10.9 Å². The summed E-state index contributed by atoms with van der Waals surface area (Å²) in [5.41, 5.74) is -1.32. The van der Waals surface area contributed by atoms with Crippen molar-refractivity contribution in [3.63, 3.8) is 0 Å². The highest BCUT2D eigenvalue weighted by Gasteiger charge is 2.42. The van der Waals surface area contributed by atoms with E-state index in [-0.39, 0.29) is 16.9 Å². The van der Waals surface area contributed by atoms with Gasteiger partial charge < -0.3 is 0 Å². The van der Waals surface area contributed by atoms with Gasteiger partial charge in [-0.15, -0.1) is 0 Å². The molecule has 1 heterocycles. The molecule has 3 rings (SSSR count). The Hall–Kier alpha value is -2.76. The van der Waals surface area contributed by atoms with E-state index in [4.69, 9.17) is 0 Å². The van der Waals surface area contributed by atoms with E-state index in [0.717, 1.165) is 0 Å². The zero-order valence-corrected chi connectivity index (χ0v) is 10.5. The third kappa shape index (κ3) is 1.65. The first-order valence-electron chi connectivity index (χ1n) is 6.11. The van der Waals surface area contributed by atoms with Gasteiger partial charge in [0, 0.05) is 6.08 Å². The van der Waals surface area contributed by atoms with Crippen LogP contribution < -0.4 is 5.56 Å². The summed E-state index contributed by atoms with van der Waals surface area (Å²) in [4.78, 5) is 26.8. The van der Waals surface area contributed by atoms with Crippen LogP contribution in [0.5, 0.6) is 0 Å². The summed E-state index contributed by atoms with van der Waals surface area (Å²) < 4.78 is 1.45. The number of para-hydroxylation sites is 1. The van der Waals surface area contributed by atoms with Crippen LogP contribution in [-0.2, 0) is 5.66 Å². The second kappa shape index (κ2) is 4.41. The van der Waals surface area contributed by atoms with Gasteiger partial charge in [0.2, 0.25) is 0 Å². The summed E-state index contributed by atoms with van der Waals surface area (Å²) in [5.74, 6) is 0. The van der Waals surface area contributed by atoms with Gasteiger partial charge >= 0.3 is 5.66 Å². The van der Waals surface area contributed by atoms with Crippen molar-refractivity contribution in [3.05, 3.63) is 75.4 Å². The van der Waals surface area contributed by atoms with Crippen LogP contribution in [0.15, 0.2) is 59.7 Å². The van der Waals surface area contributed by atoms with Gasteiger partial charge in [-0.2, -0.15) is 4.98 Å². The molecule has 0 spiro atoms. The first kappa shape index (κ1) is 12.3. The van der Waals surface area contributed by atoms with Gasteiger partial charge in [-0.3, -0.25) is 19.5 Å². The highest BCUT2D eigenvalue weighted by Crippen LogP contribution is 2.29. The molecule has 0 aliphatic heterocycles. The molecule has 0 amide bonds. The average Bonchev–Trinajstić information content (AvgIpc) is 2.48. The summed E-state index contributed by atoms with van der Waals surface area (Å²) in [6, 6.07) is 6.77. The quantitative estimate of drug-likeness (QED) is 0.615. The predicted octanol–water partition coefficient (Wildman–Crippen LogP) is 1.84. The minimum absolute atomic E-state index is 0.213. The number of benzene rings is 1. The van der Waals surface area contributed by atoms with Gasteiger partial charge in [-0.25, -0.2) is 0 Å². The van der Waals surface area contributed by atoms with Crippen LogP contribution >= 0.6 is 0 Å². The highest BCUT2D eigenvalue weighted by atomic mass is 16.6. The van der Waals surface area contributed by atoms with Gasteiger partial charge in [0.1, 0.15) is 6.33 Å². The zero-order valence-electron chi connectivity index (χ0n) is 10.5. The number of aromatic nitrogens is 2. The second-order valence-corrected chi connectivity index (χ2v) is 4.56. The van der Waals surface area contributed by atoms with Crippen LogP contribution in [0.1, 0.15) is 6.42 Å². The topological polar surface area (TPSA) is 78.0 Å². The number of fused-ring (bicyclic) bond motifs is 1. The summed E-state index contributed by atoms with van der Waals surface area (Å²) >= 11 is 0. The molecule has 6 nitrogen and oxygen atoms in total. The largest absolute Gasteiger partial charge is 0.323 e. The molecule has 2 aromatic rings. The molecular formula is C14H11N3O3. The van der Waals surface area contributed by atoms with Crippen molar-refractivity contribution < 1.29 is 4.92 Å². The Kier molecular flexibility index (Phi) is 2.71. The molecule has 1 aliphatic rings. The normalized spacial score (nSPS) is 21.2. The number of hydrogen-bond donors (Lipinski definition) is 0. The maximum absolute atomic E-state index is 11.8.